The predicted molar refractivity (Wildman–Crippen MR) is 120 cm³/mol. The largest absolute Gasteiger partial charge is 0.416 e. The summed E-state index contributed by atoms with van der Waals surface area (Å²) in [6.07, 6.45) is -2.32. The van der Waals surface area contributed by atoms with Crippen LogP contribution in [0.3, 0.4) is 0 Å². The Bertz CT molecular complexity index is 1070. The highest BCUT2D eigenvalue weighted by Gasteiger charge is 2.30. The zero-order chi connectivity index (χ0) is 22.1. The second kappa shape index (κ2) is 8.78. The molecule has 30 heavy (non-hydrogen) atoms. The predicted octanol–water partition coefficient (Wildman–Crippen LogP) is 6.51. The molecule has 2 aromatic carbocycles. The zero-order valence-corrected chi connectivity index (χ0v) is 18.5. The van der Waals surface area contributed by atoms with Gasteiger partial charge in [-0.3, -0.25) is 0 Å². The maximum atomic E-state index is 13.0. The van der Waals surface area contributed by atoms with Crippen molar-refractivity contribution in [1.82, 2.24) is 9.88 Å². The number of alkyl halides is 3. The third-order valence-corrected chi connectivity index (χ3v) is 5.94. The summed E-state index contributed by atoms with van der Waals surface area (Å²) < 4.78 is 39.4. The Morgan fingerprint density at radius 1 is 1.17 bits per heavy atom. The van der Waals surface area contributed by atoms with Crippen LogP contribution >= 0.6 is 11.3 Å². The van der Waals surface area contributed by atoms with E-state index in [2.05, 4.69) is 61.9 Å². The van der Waals surface area contributed by atoms with Gasteiger partial charge in [0.05, 0.1) is 15.8 Å². The number of nitrogens with zero attached hydrogens (tertiary/aromatic N) is 2. The maximum absolute atomic E-state index is 13.0. The van der Waals surface area contributed by atoms with Gasteiger partial charge in [-0.1, -0.05) is 29.5 Å². The highest BCUT2D eigenvalue weighted by atomic mass is 32.1. The quantitative estimate of drug-likeness (QED) is 0.460. The topological polar surface area (TPSA) is 28.2 Å². The van der Waals surface area contributed by atoms with Crippen LogP contribution in [-0.4, -0.2) is 30.5 Å². The molecule has 1 N–H and O–H groups in total. The van der Waals surface area contributed by atoms with E-state index in [9.17, 15) is 13.2 Å². The van der Waals surface area contributed by atoms with Gasteiger partial charge in [0.15, 0.2) is 5.13 Å². The Labute approximate surface area is 179 Å². The van der Waals surface area contributed by atoms with Gasteiger partial charge in [-0.05, 0) is 82.7 Å². The Morgan fingerprint density at radius 2 is 1.90 bits per heavy atom. The lowest BCUT2D eigenvalue weighted by molar-refractivity contribution is -0.137. The minimum atomic E-state index is -4.36. The maximum Gasteiger partial charge on any atom is 0.416 e. The molecule has 0 saturated carbocycles. The molecule has 3 aromatic rings. The molecule has 0 saturated heterocycles. The van der Waals surface area contributed by atoms with Gasteiger partial charge in [0.1, 0.15) is 0 Å². The van der Waals surface area contributed by atoms with E-state index < -0.39 is 11.7 Å². The molecular weight excluding hydrogens is 407 g/mol. The summed E-state index contributed by atoms with van der Waals surface area (Å²) in [5.74, 6) is 0. The van der Waals surface area contributed by atoms with Gasteiger partial charge in [0.25, 0.3) is 0 Å². The summed E-state index contributed by atoms with van der Waals surface area (Å²) in [5.41, 5.74) is 5.17. The lowest BCUT2D eigenvalue weighted by atomic mass is 9.94. The van der Waals surface area contributed by atoms with Crippen LogP contribution in [0.15, 0.2) is 36.9 Å². The summed E-state index contributed by atoms with van der Waals surface area (Å²) >= 11 is 1.19. The normalized spacial score (nSPS) is 12.0. The van der Waals surface area contributed by atoms with Crippen LogP contribution in [0.5, 0.6) is 0 Å². The zero-order valence-electron chi connectivity index (χ0n) is 17.7. The number of anilines is 1. The van der Waals surface area contributed by atoms with Crippen molar-refractivity contribution in [2.24, 2.45) is 0 Å². The Kier molecular flexibility index (Phi) is 6.53. The minimum Gasteiger partial charge on any atom is -0.332 e. The molecule has 0 fully saturated rings. The standard InChI is InChI=1S/C23H26F3N3S/c1-14-11-17(7-6-10-29(4)5)15(2)19(12-14)16(3)27-22-28-20-9-8-18(23(24,25)26)13-21(20)30-22/h8-9,11-13H,3,6-7,10H2,1-2,4-5H3,(H,27,28). The monoisotopic (exact) mass is 433 g/mol. The van der Waals surface area contributed by atoms with Crippen molar-refractivity contribution in [3.8, 4) is 0 Å². The van der Waals surface area contributed by atoms with E-state index in [1.54, 1.807) is 0 Å². The second-order valence-electron chi connectivity index (χ2n) is 7.81. The highest BCUT2D eigenvalue weighted by molar-refractivity contribution is 7.22. The van der Waals surface area contributed by atoms with E-state index in [1.807, 2.05) is 0 Å². The molecule has 3 nitrogen and oxygen atoms in total. The minimum absolute atomic E-state index is 0.491. The molecule has 0 amide bonds. The molecule has 0 unspecified atom stereocenters. The van der Waals surface area contributed by atoms with Crippen molar-refractivity contribution in [3.05, 3.63) is 64.7 Å². The van der Waals surface area contributed by atoms with Crippen LogP contribution in [0.25, 0.3) is 15.9 Å². The van der Waals surface area contributed by atoms with Crippen LogP contribution in [0.2, 0.25) is 0 Å². The summed E-state index contributed by atoms with van der Waals surface area (Å²) in [5, 5.41) is 3.73. The van der Waals surface area contributed by atoms with E-state index in [1.165, 1.54) is 23.0 Å². The fourth-order valence-corrected chi connectivity index (χ4v) is 4.37. The van der Waals surface area contributed by atoms with Crippen molar-refractivity contribution >= 4 is 32.4 Å². The van der Waals surface area contributed by atoms with Crippen molar-refractivity contribution in [1.29, 1.82) is 0 Å². The molecule has 1 heterocycles. The van der Waals surface area contributed by atoms with Crippen molar-refractivity contribution in [3.63, 3.8) is 0 Å². The molecule has 0 radical (unpaired) electrons. The average molecular weight is 434 g/mol. The summed E-state index contributed by atoms with van der Waals surface area (Å²) in [4.78, 5) is 6.59. The molecule has 1 aromatic heterocycles. The van der Waals surface area contributed by atoms with Crippen molar-refractivity contribution in [2.75, 3.05) is 26.0 Å². The molecule has 7 heteroatoms. The number of thiazole rings is 1. The van der Waals surface area contributed by atoms with Gasteiger partial charge in [0, 0.05) is 11.3 Å². The van der Waals surface area contributed by atoms with E-state index in [-0.39, 0.29) is 0 Å². The van der Waals surface area contributed by atoms with Gasteiger partial charge in [-0.2, -0.15) is 13.2 Å². The first kappa shape index (κ1) is 22.3. The highest BCUT2D eigenvalue weighted by Crippen LogP contribution is 2.35. The number of aromatic nitrogens is 1. The van der Waals surface area contributed by atoms with Gasteiger partial charge >= 0.3 is 6.18 Å². The number of halogens is 3. The smallest absolute Gasteiger partial charge is 0.332 e. The van der Waals surface area contributed by atoms with Gasteiger partial charge in [-0.15, -0.1) is 0 Å². The number of nitrogens with one attached hydrogen (secondary N) is 1. The molecular formula is C23H26F3N3S. The lowest BCUT2D eigenvalue weighted by Crippen LogP contribution is -2.14. The Hall–Kier alpha value is -2.38. The molecule has 0 aliphatic heterocycles. The molecule has 0 spiro atoms. The van der Waals surface area contributed by atoms with E-state index in [4.69, 9.17) is 0 Å². The average Bonchev–Trinajstić information content (AvgIpc) is 3.04. The van der Waals surface area contributed by atoms with Crippen LogP contribution in [0.4, 0.5) is 18.3 Å². The Balaban J connectivity index is 1.82. The fraction of sp³-hybridized carbons (Fsp3) is 0.348. The molecule has 3 rings (SSSR count). The van der Waals surface area contributed by atoms with Crippen molar-refractivity contribution < 1.29 is 13.2 Å². The number of fused-ring (bicyclic) bond motifs is 1. The third-order valence-electron chi connectivity index (χ3n) is 5.01. The second-order valence-corrected chi connectivity index (χ2v) is 8.84. The fourth-order valence-electron chi connectivity index (χ4n) is 3.44. The van der Waals surface area contributed by atoms with Crippen LogP contribution in [-0.2, 0) is 12.6 Å². The van der Waals surface area contributed by atoms with Crippen molar-refractivity contribution in [2.45, 2.75) is 32.9 Å². The Morgan fingerprint density at radius 3 is 2.57 bits per heavy atom. The molecule has 0 aliphatic carbocycles. The first-order valence-corrected chi connectivity index (χ1v) is 10.5. The van der Waals surface area contributed by atoms with Gasteiger partial charge in [0.2, 0.25) is 0 Å². The number of rotatable bonds is 7. The first-order chi connectivity index (χ1) is 14.0. The van der Waals surface area contributed by atoms with Crippen LogP contribution in [0, 0.1) is 13.8 Å². The molecule has 160 valence electrons. The molecule has 0 aliphatic rings. The summed E-state index contributed by atoms with van der Waals surface area (Å²) in [6.45, 7) is 9.33. The van der Waals surface area contributed by atoms with E-state index >= 15 is 0 Å². The van der Waals surface area contributed by atoms with E-state index in [0.717, 1.165) is 48.2 Å². The molecule has 0 bridgehead atoms. The number of hydrogen-bond acceptors (Lipinski definition) is 4. The first-order valence-electron chi connectivity index (χ1n) is 9.73. The number of hydrogen-bond donors (Lipinski definition) is 1. The van der Waals surface area contributed by atoms with Crippen LogP contribution in [0.1, 0.15) is 34.2 Å². The summed E-state index contributed by atoms with van der Waals surface area (Å²) in [7, 11) is 4.13. The third kappa shape index (κ3) is 5.21. The number of aryl methyl sites for hydroxylation is 2. The van der Waals surface area contributed by atoms with Crippen LogP contribution < -0.4 is 5.32 Å². The molecule has 0 atom stereocenters. The SMILES string of the molecule is C=C(Nc1nc2ccc(C(F)(F)F)cc2s1)c1cc(C)cc(CCCN(C)C)c1C. The number of benzene rings is 2. The van der Waals surface area contributed by atoms with Gasteiger partial charge in [-0.25, -0.2) is 4.98 Å². The lowest BCUT2D eigenvalue weighted by Gasteiger charge is -2.16. The van der Waals surface area contributed by atoms with E-state index in [0.29, 0.717) is 21.0 Å². The summed E-state index contributed by atoms with van der Waals surface area (Å²) in [6, 6.07) is 7.89. The van der Waals surface area contributed by atoms with Gasteiger partial charge < -0.3 is 10.2 Å².